The maximum atomic E-state index is 12.4. The number of piperidine rings is 1. The third-order valence-electron chi connectivity index (χ3n) is 4.63. The standard InChI is InChI=1S/C14H25NO5S/c1-5-6-14(12(17)18)7-9-15(10-8-14)11(16)13(2,3)21(4,19)20/h5-10H2,1-4H3,(H,17,18). The number of hydrogen-bond donors (Lipinski definition) is 1. The van der Waals surface area contributed by atoms with Crippen molar-refractivity contribution in [1.82, 2.24) is 4.90 Å². The molecule has 0 aromatic rings. The number of likely N-dealkylation sites (tertiary alicyclic amines) is 1. The molecule has 0 saturated carbocycles. The Kier molecular flexibility index (Phi) is 5.08. The highest BCUT2D eigenvalue weighted by Crippen LogP contribution is 2.37. The van der Waals surface area contributed by atoms with Crippen molar-refractivity contribution in [2.24, 2.45) is 5.41 Å². The molecular formula is C14H25NO5S. The van der Waals surface area contributed by atoms with Gasteiger partial charge in [-0.3, -0.25) is 9.59 Å². The Hall–Kier alpha value is -1.11. The molecule has 7 heteroatoms. The molecule has 0 aromatic carbocycles. The quantitative estimate of drug-likeness (QED) is 0.824. The van der Waals surface area contributed by atoms with Gasteiger partial charge < -0.3 is 10.0 Å². The van der Waals surface area contributed by atoms with Gasteiger partial charge in [-0.2, -0.15) is 0 Å². The number of amides is 1. The Morgan fingerprint density at radius 3 is 2.05 bits per heavy atom. The van der Waals surface area contributed by atoms with E-state index in [1.807, 2.05) is 6.92 Å². The molecule has 0 unspecified atom stereocenters. The van der Waals surface area contributed by atoms with E-state index < -0.39 is 31.9 Å². The zero-order valence-corrected chi connectivity index (χ0v) is 14.0. The van der Waals surface area contributed by atoms with Gasteiger partial charge in [-0.15, -0.1) is 0 Å². The fourth-order valence-electron chi connectivity index (χ4n) is 2.73. The van der Waals surface area contributed by atoms with Crippen molar-refractivity contribution in [2.75, 3.05) is 19.3 Å². The molecule has 0 radical (unpaired) electrons. The molecular weight excluding hydrogens is 294 g/mol. The van der Waals surface area contributed by atoms with Crippen molar-refractivity contribution in [3.8, 4) is 0 Å². The lowest BCUT2D eigenvalue weighted by atomic mass is 9.75. The smallest absolute Gasteiger partial charge is 0.309 e. The highest BCUT2D eigenvalue weighted by atomic mass is 32.2. The summed E-state index contributed by atoms with van der Waals surface area (Å²) in [5.41, 5.74) is -0.777. The maximum Gasteiger partial charge on any atom is 0.309 e. The molecule has 0 bridgehead atoms. The first-order valence-corrected chi connectivity index (χ1v) is 9.09. The molecule has 1 aliphatic heterocycles. The van der Waals surface area contributed by atoms with Gasteiger partial charge in [0, 0.05) is 19.3 Å². The summed E-state index contributed by atoms with van der Waals surface area (Å²) in [7, 11) is -3.51. The van der Waals surface area contributed by atoms with Crippen molar-refractivity contribution < 1.29 is 23.1 Å². The Labute approximate surface area is 126 Å². The molecule has 1 saturated heterocycles. The molecule has 122 valence electrons. The van der Waals surface area contributed by atoms with Crippen LogP contribution in [0.1, 0.15) is 46.5 Å². The number of hydrogen-bond acceptors (Lipinski definition) is 4. The van der Waals surface area contributed by atoms with E-state index in [1.54, 1.807) is 0 Å². The van der Waals surface area contributed by atoms with Gasteiger partial charge in [0.1, 0.15) is 4.75 Å². The zero-order valence-electron chi connectivity index (χ0n) is 13.2. The molecule has 1 heterocycles. The molecule has 1 aliphatic rings. The number of rotatable bonds is 5. The first kappa shape index (κ1) is 17.9. The number of aliphatic carboxylic acids is 1. The van der Waals surface area contributed by atoms with Gasteiger partial charge in [0.15, 0.2) is 9.84 Å². The lowest BCUT2D eigenvalue weighted by molar-refractivity contribution is -0.155. The summed E-state index contributed by atoms with van der Waals surface area (Å²) in [5.74, 6) is -1.26. The van der Waals surface area contributed by atoms with E-state index in [0.29, 0.717) is 32.4 Å². The van der Waals surface area contributed by atoms with Gasteiger partial charge in [-0.1, -0.05) is 13.3 Å². The van der Waals surface area contributed by atoms with E-state index in [2.05, 4.69) is 0 Å². The second-order valence-electron chi connectivity index (χ2n) is 6.41. The summed E-state index contributed by atoms with van der Waals surface area (Å²) in [6.45, 7) is 5.33. The number of nitrogens with zero attached hydrogens (tertiary/aromatic N) is 1. The van der Waals surface area contributed by atoms with Crippen LogP contribution in [0.25, 0.3) is 0 Å². The van der Waals surface area contributed by atoms with E-state index in [1.165, 1.54) is 18.7 Å². The predicted molar refractivity (Wildman–Crippen MR) is 79.7 cm³/mol. The third kappa shape index (κ3) is 3.39. The van der Waals surface area contributed by atoms with Gasteiger partial charge in [0.2, 0.25) is 5.91 Å². The van der Waals surface area contributed by atoms with Crippen LogP contribution >= 0.6 is 0 Å². The Morgan fingerprint density at radius 1 is 1.24 bits per heavy atom. The average Bonchev–Trinajstić information content (AvgIpc) is 2.37. The normalized spacial score (nSPS) is 19.3. The van der Waals surface area contributed by atoms with Crippen LogP contribution in [0.2, 0.25) is 0 Å². The fourth-order valence-corrected chi connectivity index (χ4v) is 3.17. The van der Waals surface area contributed by atoms with Crippen LogP contribution in [0.3, 0.4) is 0 Å². The van der Waals surface area contributed by atoms with E-state index in [-0.39, 0.29) is 0 Å². The van der Waals surface area contributed by atoms with Gasteiger partial charge in [0.25, 0.3) is 0 Å². The monoisotopic (exact) mass is 319 g/mol. The second-order valence-corrected chi connectivity index (χ2v) is 8.98. The molecule has 1 rings (SSSR count). The SMILES string of the molecule is CCCC1(C(=O)O)CCN(C(=O)C(C)(C)S(C)(=O)=O)CC1. The summed E-state index contributed by atoms with van der Waals surface area (Å²) in [5, 5.41) is 9.43. The molecule has 0 atom stereocenters. The van der Waals surface area contributed by atoms with Crippen molar-refractivity contribution in [3.05, 3.63) is 0 Å². The fraction of sp³-hybridized carbons (Fsp3) is 0.857. The van der Waals surface area contributed by atoms with E-state index in [9.17, 15) is 23.1 Å². The number of sulfone groups is 1. The minimum absolute atomic E-state index is 0.296. The maximum absolute atomic E-state index is 12.4. The van der Waals surface area contributed by atoms with Crippen molar-refractivity contribution in [2.45, 2.75) is 51.2 Å². The van der Waals surface area contributed by atoms with Crippen LogP contribution in [-0.2, 0) is 19.4 Å². The van der Waals surface area contributed by atoms with Crippen LogP contribution in [0.5, 0.6) is 0 Å². The number of carbonyl (C=O) groups excluding carboxylic acids is 1. The Morgan fingerprint density at radius 2 is 1.71 bits per heavy atom. The zero-order chi connectivity index (χ0) is 16.5. The highest BCUT2D eigenvalue weighted by Gasteiger charge is 2.46. The lowest BCUT2D eigenvalue weighted by Crippen LogP contribution is -2.54. The molecule has 0 spiro atoms. The van der Waals surface area contributed by atoms with Crippen molar-refractivity contribution in [3.63, 3.8) is 0 Å². The van der Waals surface area contributed by atoms with Crippen LogP contribution in [0.15, 0.2) is 0 Å². The van der Waals surface area contributed by atoms with Crippen molar-refractivity contribution >= 4 is 21.7 Å². The van der Waals surface area contributed by atoms with Gasteiger partial charge in [0.05, 0.1) is 5.41 Å². The van der Waals surface area contributed by atoms with Crippen LogP contribution in [0.4, 0.5) is 0 Å². The first-order chi connectivity index (χ1) is 9.48. The minimum Gasteiger partial charge on any atom is -0.481 e. The van der Waals surface area contributed by atoms with E-state index in [0.717, 1.165) is 12.7 Å². The third-order valence-corrected chi connectivity index (χ3v) is 6.66. The molecule has 1 amide bonds. The summed E-state index contributed by atoms with van der Waals surface area (Å²) in [4.78, 5) is 25.4. The summed E-state index contributed by atoms with van der Waals surface area (Å²) in [6.07, 6.45) is 3.16. The first-order valence-electron chi connectivity index (χ1n) is 7.20. The van der Waals surface area contributed by atoms with Crippen molar-refractivity contribution in [1.29, 1.82) is 0 Å². The summed E-state index contributed by atoms with van der Waals surface area (Å²) in [6, 6.07) is 0. The predicted octanol–water partition coefficient (Wildman–Crippen LogP) is 1.30. The molecule has 6 nitrogen and oxygen atoms in total. The van der Waals surface area contributed by atoms with Crippen LogP contribution in [0, 0.1) is 5.41 Å². The molecule has 0 aliphatic carbocycles. The van der Waals surface area contributed by atoms with E-state index >= 15 is 0 Å². The Bertz CT molecular complexity index is 515. The Balaban J connectivity index is 2.86. The second kappa shape index (κ2) is 5.94. The van der Waals surface area contributed by atoms with E-state index in [4.69, 9.17) is 0 Å². The number of carbonyl (C=O) groups is 2. The average molecular weight is 319 g/mol. The lowest BCUT2D eigenvalue weighted by Gasteiger charge is -2.41. The molecule has 1 fully saturated rings. The molecule has 21 heavy (non-hydrogen) atoms. The van der Waals surface area contributed by atoms with Crippen LogP contribution < -0.4 is 0 Å². The van der Waals surface area contributed by atoms with Crippen LogP contribution in [-0.4, -0.2) is 54.4 Å². The highest BCUT2D eigenvalue weighted by molar-refractivity contribution is 7.92. The number of carboxylic acid groups (broad SMARTS) is 1. The summed E-state index contributed by atoms with van der Waals surface area (Å²) < 4.78 is 22.0. The van der Waals surface area contributed by atoms with Gasteiger partial charge in [-0.05, 0) is 33.1 Å². The van der Waals surface area contributed by atoms with Gasteiger partial charge >= 0.3 is 5.97 Å². The topological polar surface area (TPSA) is 91.8 Å². The number of carboxylic acids is 1. The minimum atomic E-state index is -3.51. The summed E-state index contributed by atoms with van der Waals surface area (Å²) >= 11 is 0. The molecule has 0 aromatic heterocycles. The molecule has 1 N–H and O–H groups in total. The largest absolute Gasteiger partial charge is 0.481 e. The van der Waals surface area contributed by atoms with Gasteiger partial charge in [-0.25, -0.2) is 8.42 Å².